The van der Waals surface area contributed by atoms with Crippen molar-refractivity contribution >= 4 is 35.0 Å². The molecule has 0 saturated carbocycles. The lowest BCUT2D eigenvalue weighted by Crippen LogP contribution is -2.23. The van der Waals surface area contributed by atoms with E-state index in [0.29, 0.717) is 12.2 Å². The molecule has 25 heavy (non-hydrogen) atoms. The van der Waals surface area contributed by atoms with Crippen LogP contribution in [0.25, 0.3) is 0 Å². The van der Waals surface area contributed by atoms with Gasteiger partial charge in [0.05, 0.1) is 5.75 Å². The van der Waals surface area contributed by atoms with E-state index in [2.05, 4.69) is 36.5 Å². The van der Waals surface area contributed by atoms with Crippen LogP contribution in [0.3, 0.4) is 0 Å². The van der Waals surface area contributed by atoms with Gasteiger partial charge in [-0.2, -0.15) is 0 Å². The first kappa shape index (κ1) is 17.5. The molecular weight excluding hydrogens is 332 g/mol. The second kappa shape index (κ2) is 8.21. The number of hydrogen-bond donors (Lipinski definition) is 1. The zero-order valence-corrected chi connectivity index (χ0v) is 15.1. The Balaban J connectivity index is 1.50. The number of aryl methyl sites for hydroxylation is 1. The lowest BCUT2D eigenvalue weighted by Gasteiger charge is -2.16. The Labute approximate surface area is 152 Å². The van der Waals surface area contributed by atoms with Gasteiger partial charge >= 0.3 is 0 Å². The van der Waals surface area contributed by atoms with Gasteiger partial charge in [-0.3, -0.25) is 9.59 Å². The van der Waals surface area contributed by atoms with Crippen LogP contribution in [-0.4, -0.2) is 24.1 Å². The van der Waals surface area contributed by atoms with Crippen LogP contribution in [0.1, 0.15) is 24.0 Å². The predicted molar refractivity (Wildman–Crippen MR) is 104 cm³/mol. The highest BCUT2D eigenvalue weighted by atomic mass is 32.2. The summed E-state index contributed by atoms with van der Waals surface area (Å²) in [4.78, 5) is 25.8. The van der Waals surface area contributed by atoms with Crippen molar-refractivity contribution in [2.75, 3.05) is 22.5 Å². The van der Waals surface area contributed by atoms with E-state index in [9.17, 15) is 9.59 Å². The predicted octanol–water partition coefficient (Wildman–Crippen LogP) is 3.99. The second-order valence-corrected chi connectivity index (χ2v) is 7.21. The Morgan fingerprint density at radius 2 is 2.00 bits per heavy atom. The number of benzene rings is 2. The molecule has 1 aliphatic heterocycles. The molecule has 3 rings (SSSR count). The third-order valence-corrected chi connectivity index (χ3v) is 5.14. The molecule has 0 aliphatic carbocycles. The molecule has 2 aromatic carbocycles. The fourth-order valence-corrected chi connectivity index (χ4v) is 3.60. The van der Waals surface area contributed by atoms with E-state index < -0.39 is 0 Å². The normalized spacial score (nSPS) is 14.0. The van der Waals surface area contributed by atoms with Crippen LogP contribution in [0.4, 0.5) is 11.4 Å². The van der Waals surface area contributed by atoms with Gasteiger partial charge in [-0.25, -0.2) is 0 Å². The molecule has 0 aromatic heterocycles. The molecule has 0 radical (unpaired) electrons. The van der Waals surface area contributed by atoms with E-state index in [1.807, 2.05) is 24.3 Å². The standard InChI is InChI=1S/C20H22N2O2S/c1-15-7-9-16(10-8-15)13-25-14-19(23)21-17-4-2-5-18(12-17)22-11-3-6-20(22)24/h2,4-5,7-10,12H,3,6,11,13-14H2,1H3,(H,21,23). The molecule has 1 fully saturated rings. The van der Waals surface area contributed by atoms with E-state index in [-0.39, 0.29) is 11.8 Å². The number of hydrogen-bond acceptors (Lipinski definition) is 3. The molecule has 2 amide bonds. The number of rotatable bonds is 6. The monoisotopic (exact) mass is 354 g/mol. The maximum Gasteiger partial charge on any atom is 0.234 e. The summed E-state index contributed by atoms with van der Waals surface area (Å²) in [5.74, 6) is 1.34. The van der Waals surface area contributed by atoms with Gasteiger partial charge in [0.15, 0.2) is 0 Å². The number of amides is 2. The minimum Gasteiger partial charge on any atom is -0.325 e. The van der Waals surface area contributed by atoms with E-state index in [1.165, 1.54) is 11.1 Å². The van der Waals surface area contributed by atoms with E-state index >= 15 is 0 Å². The fraction of sp³-hybridized carbons (Fsp3) is 0.300. The third-order valence-electron chi connectivity index (χ3n) is 4.14. The number of nitrogens with zero attached hydrogens (tertiary/aromatic N) is 1. The van der Waals surface area contributed by atoms with E-state index in [1.54, 1.807) is 16.7 Å². The molecule has 0 bridgehead atoms. The molecule has 130 valence electrons. The Kier molecular flexibility index (Phi) is 5.76. The van der Waals surface area contributed by atoms with Gasteiger partial charge in [-0.1, -0.05) is 35.9 Å². The third kappa shape index (κ3) is 4.86. The molecule has 5 heteroatoms. The molecule has 1 heterocycles. The minimum atomic E-state index is -0.0259. The molecule has 0 spiro atoms. The van der Waals surface area contributed by atoms with Gasteiger partial charge < -0.3 is 10.2 Å². The zero-order chi connectivity index (χ0) is 17.6. The SMILES string of the molecule is Cc1ccc(CSCC(=O)Nc2cccc(N3CCCC3=O)c2)cc1. The summed E-state index contributed by atoms with van der Waals surface area (Å²) >= 11 is 1.59. The van der Waals surface area contributed by atoms with Crippen molar-refractivity contribution in [3.63, 3.8) is 0 Å². The Morgan fingerprint density at radius 3 is 2.72 bits per heavy atom. The lowest BCUT2D eigenvalue weighted by molar-refractivity contribution is -0.117. The quantitative estimate of drug-likeness (QED) is 0.853. The summed E-state index contributed by atoms with van der Waals surface area (Å²) < 4.78 is 0. The van der Waals surface area contributed by atoms with Crippen molar-refractivity contribution in [3.8, 4) is 0 Å². The first-order chi connectivity index (χ1) is 12.1. The summed E-state index contributed by atoms with van der Waals surface area (Å²) in [7, 11) is 0. The smallest absolute Gasteiger partial charge is 0.234 e. The fourth-order valence-electron chi connectivity index (χ4n) is 2.82. The summed E-state index contributed by atoms with van der Waals surface area (Å²) in [5, 5.41) is 2.92. The van der Waals surface area contributed by atoms with E-state index in [0.717, 1.165) is 30.1 Å². The lowest BCUT2D eigenvalue weighted by atomic mass is 10.2. The zero-order valence-electron chi connectivity index (χ0n) is 14.3. The average molecular weight is 354 g/mol. The van der Waals surface area contributed by atoms with Crippen LogP contribution < -0.4 is 10.2 Å². The van der Waals surface area contributed by atoms with Crippen LogP contribution in [0.2, 0.25) is 0 Å². The van der Waals surface area contributed by atoms with Crippen LogP contribution >= 0.6 is 11.8 Å². The largest absolute Gasteiger partial charge is 0.325 e. The topological polar surface area (TPSA) is 49.4 Å². The molecule has 0 unspecified atom stereocenters. The summed E-state index contributed by atoms with van der Waals surface area (Å²) in [5.41, 5.74) is 4.05. The van der Waals surface area contributed by atoms with Crippen molar-refractivity contribution in [3.05, 3.63) is 59.7 Å². The van der Waals surface area contributed by atoms with Crippen LogP contribution in [-0.2, 0) is 15.3 Å². The maximum atomic E-state index is 12.1. The number of anilines is 2. The van der Waals surface area contributed by atoms with Crippen molar-refractivity contribution < 1.29 is 9.59 Å². The van der Waals surface area contributed by atoms with Gasteiger partial charge in [-0.15, -0.1) is 11.8 Å². The van der Waals surface area contributed by atoms with Crippen molar-refractivity contribution in [2.45, 2.75) is 25.5 Å². The molecule has 1 aliphatic rings. The van der Waals surface area contributed by atoms with Gasteiger partial charge in [0.2, 0.25) is 11.8 Å². The highest BCUT2D eigenvalue weighted by molar-refractivity contribution is 7.99. The molecule has 2 aromatic rings. The minimum absolute atomic E-state index is 0.0259. The molecule has 0 atom stereocenters. The van der Waals surface area contributed by atoms with Gasteiger partial charge in [0.25, 0.3) is 0 Å². The molecule has 1 saturated heterocycles. The van der Waals surface area contributed by atoms with Crippen LogP contribution in [0.5, 0.6) is 0 Å². The van der Waals surface area contributed by atoms with Gasteiger partial charge in [0.1, 0.15) is 0 Å². The number of thioether (sulfide) groups is 1. The van der Waals surface area contributed by atoms with Gasteiger partial charge in [-0.05, 0) is 37.1 Å². The van der Waals surface area contributed by atoms with Crippen molar-refractivity contribution in [2.24, 2.45) is 0 Å². The Hall–Kier alpha value is -2.27. The molecule has 1 N–H and O–H groups in total. The molecule has 4 nitrogen and oxygen atoms in total. The van der Waals surface area contributed by atoms with Crippen molar-refractivity contribution in [1.29, 1.82) is 0 Å². The average Bonchev–Trinajstić information content (AvgIpc) is 3.03. The van der Waals surface area contributed by atoms with E-state index in [4.69, 9.17) is 0 Å². The Bertz CT molecular complexity index is 759. The molecular formula is C20H22N2O2S. The maximum absolute atomic E-state index is 12.1. The number of carbonyl (C=O) groups is 2. The highest BCUT2D eigenvalue weighted by Gasteiger charge is 2.21. The number of carbonyl (C=O) groups excluding carboxylic acids is 2. The first-order valence-corrected chi connectivity index (χ1v) is 9.61. The summed E-state index contributed by atoms with van der Waals surface area (Å²) in [6.07, 6.45) is 1.50. The summed E-state index contributed by atoms with van der Waals surface area (Å²) in [6, 6.07) is 15.9. The van der Waals surface area contributed by atoms with Crippen LogP contribution in [0.15, 0.2) is 48.5 Å². The highest BCUT2D eigenvalue weighted by Crippen LogP contribution is 2.24. The van der Waals surface area contributed by atoms with Crippen molar-refractivity contribution in [1.82, 2.24) is 0 Å². The first-order valence-electron chi connectivity index (χ1n) is 8.45. The summed E-state index contributed by atoms with van der Waals surface area (Å²) in [6.45, 7) is 2.82. The van der Waals surface area contributed by atoms with Gasteiger partial charge in [0, 0.05) is 30.1 Å². The number of nitrogens with one attached hydrogen (secondary N) is 1. The van der Waals surface area contributed by atoms with Crippen LogP contribution in [0, 0.1) is 6.92 Å². The Morgan fingerprint density at radius 1 is 1.20 bits per heavy atom. The second-order valence-electron chi connectivity index (χ2n) is 6.23.